The molecule has 0 unspecified atom stereocenters. The number of rotatable bonds is 6. The van der Waals surface area contributed by atoms with Crippen molar-refractivity contribution in [3.05, 3.63) is 47.0 Å². The second-order valence-corrected chi connectivity index (χ2v) is 12.4. The van der Waals surface area contributed by atoms with Crippen molar-refractivity contribution in [3.63, 3.8) is 0 Å². The molecule has 2 aromatic rings. The molecule has 212 valence electrons. The van der Waals surface area contributed by atoms with Crippen LogP contribution in [0.1, 0.15) is 43.0 Å². The van der Waals surface area contributed by atoms with Gasteiger partial charge in [-0.25, -0.2) is 18.2 Å². The van der Waals surface area contributed by atoms with E-state index >= 15 is 0 Å². The number of aryl methyl sites for hydroxylation is 1. The Morgan fingerprint density at radius 1 is 1.18 bits per heavy atom. The van der Waals surface area contributed by atoms with Crippen molar-refractivity contribution in [2.24, 2.45) is 7.05 Å². The lowest BCUT2D eigenvalue weighted by molar-refractivity contribution is -0.192. The van der Waals surface area contributed by atoms with Crippen LogP contribution in [0.3, 0.4) is 0 Å². The van der Waals surface area contributed by atoms with Gasteiger partial charge in [0.05, 0.1) is 18.5 Å². The Hall–Kier alpha value is -2.22. The minimum Gasteiger partial charge on any atom is -0.475 e. The number of halogens is 4. The molecule has 1 N–H and O–H groups in total. The summed E-state index contributed by atoms with van der Waals surface area (Å²) in [6, 6.07) is 8.61. The van der Waals surface area contributed by atoms with Crippen molar-refractivity contribution in [2.75, 3.05) is 25.2 Å². The molecule has 14 heteroatoms. The van der Waals surface area contributed by atoms with Crippen molar-refractivity contribution >= 4 is 27.4 Å². The van der Waals surface area contributed by atoms with E-state index in [0.29, 0.717) is 25.1 Å². The number of aliphatic carboxylic acids is 1. The lowest BCUT2D eigenvalue weighted by Gasteiger charge is -2.46. The van der Waals surface area contributed by atoms with E-state index in [9.17, 15) is 21.6 Å². The van der Waals surface area contributed by atoms with Crippen LogP contribution in [0.5, 0.6) is 0 Å². The molecule has 1 aliphatic carbocycles. The maximum absolute atomic E-state index is 11.9. The summed E-state index contributed by atoms with van der Waals surface area (Å²) >= 11 is 6.05. The number of nitrogens with zero attached hydrogens (tertiary/aromatic N) is 4. The van der Waals surface area contributed by atoms with Crippen LogP contribution in [0.25, 0.3) is 0 Å². The molecule has 2 aliphatic rings. The van der Waals surface area contributed by atoms with Gasteiger partial charge in [-0.1, -0.05) is 23.7 Å². The zero-order chi connectivity index (χ0) is 28.1. The second-order valence-electron chi connectivity index (χ2n) is 9.81. The van der Waals surface area contributed by atoms with E-state index in [-0.39, 0.29) is 17.9 Å². The molecule has 0 amide bonds. The van der Waals surface area contributed by atoms with E-state index in [1.165, 1.54) is 11.8 Å². The highest BCUT2D eigenvalue weighted by Gasteiger charge is 2.38. The van der Waals surface area contributed by atoms with Crippen LogP contribution in [-0.2, 0) is 32.8 Å². The molecule has 4 rings (SSSR count). The molecule has 0 radical (unpaired) electrons. The summed E-state index contributed by atoms with van der Waals surface area (Å²) < 4.78 is 63.2. The van der Waals surface area contributed by atoms with Gasteiger partial charge < -0.3 is 9.84 Å². The average Bonchev–Trinajstić information content (AvgIpc) is 3.27. The number of carbonyl (C=O) groups is 1. The monoisotopic (exact) mass is 580 g/mol. The van der Waals surface area contributed by atoms with E-state index in [2.05, 4.69) is 27.1 Å². The summed E-state index contributed by atoms with van der Waals surface area (Å²) in [5, 5.41) is 12.4. The van der Waals surface area contributed by atoms with E-state index in [4.69, 9.17) is 26.2 Å². The van der Waals surface area contributed by atoms with Crippen LogP contribution < -0.4 is 0 Å². The summed E-state index contributed by atoms with van der Waals surface area (Å²) in [6.45, 7) is 1.20. The fourth-order valence-electron chi connectivity index (χ4n) is 4.94. The van der Waals surface area contributed by atoms with Gasteiger partial charge >= 0.3 is 12.1 Å². The van der Waals surface area contributed by atoms with Gasteiger partial charge in [0, 0.05) is 42.9 Å². The summed E-state index contributed by atoms with van der Waals surface area (Å²) in [6.07, 6.45) is 2.79. The van der Waals surface area contributed by atoms with Crippen molar-refractivity contribution < 1.29 is 36.2 Å². The van der Waals surface area contributed by atoms with Crippen LogP contribution in [0.15, 0.2) is 30.6 Å². The number of ether oxygens (including phenoxy) is 1. The van der Waals surface area contributed by atoms with Gasteiger partial charge in [-0.05, 0) is 49.8 Å². The van der Waals surface area contributed by atoms with E-state index in [1.54, 1.807) is 11.0 Å². The first-order valence-electron chi connectivity index (χ1n) is 12.2. The highest BCUT2D eigenvalue weighted by Crippen LogP contribution is 2.35. The number of benzene rings is 1. The number of sulfone groups is 1. The molecule has 1 aliphatic heterocycles. The SMILES string of the molecule is Cn1cnc(C2CCC(N3C[C@H](CS(C)(=O)=O)OC[C@@H]3Cc3ccc(Cl)cc3)CC2)n1.O=C(O)C(F)(F)F. The Morgan fingerprint density at radius 3 is 2.29 bits per heavy atom. The molecule has 2 heterocycles. The predicted octanol–water partition coefficient (Wildman–Crippen LogP) is 3.48. The molecule has 1 aromatic carbocycles. The first-order chi connectivity index (χ1) is 17.7. The van der Waals surface area contributed by atoms with Gasteiger partial charge in [0.1, 0.15) is 16.2 Å². The van der Waals surface area contributed by atoms with E-state index in [0.717, 1.165) is 43.0 Å². The summed E-state index contributed by atoms with van der Waals surface area (Å²) in [7, 11) is -1.18. The molecule has 1 aromatic heterocycles. The molecule has 0 bridgehead atoms. The molecule has 38 heavy (non-hydrogen) atoms. The van der Waals surface area contributed by atoms with Crippen LogP contribution in [-0.4, -0.2) is 88.7 Å². The third-order valence-corrected chi connectivity index (χ3v) is 7.90. The van der Waals surface area contributed by atoms with E-state index < -0.39 is 22.0 Å². The van der Waals surface area contributed by atoms with Gasteiger partial charge in [0.2, 0.25) is 0 Å². The fourth-order valence-corrected chi connectivity index (χ4v) is 5.95. The number of hydrogen-bond donors (Lipinski definition) is 1. The van der Waals surface area contributed by atoms with Crippen LogP contribution >= 0.6 is 11.6 Å². The molecule has 0 spiro atoms. The summed E-state index contributed by atoms with van der Waals surface area (Å²) in [5.41, 5.74) is 1.22. The van der Waals surface area contributed by atoms with Crippen LogP contribution in [0.4, 0.5) is 13.2 Å². The standard InChI is InChI=1S/C22H31ClN4O3S.C2HF3O2/c1-26-15-24-22(25-26)17-5-9-19(10-6-17)27-12-21(14-31(2,28)29)30-13-20(27)11-16-3-7-18(23)8-4-16;3-2(4,5)1(6)7/h3-4,7-8,15,17,19-21H,5-6,9-14H2,1-2H3;(H,6,7)/t17?,19?,20-,21+;/m0./s1. The third kappa shape index (κ3) is 9.21. The Bertz CT molecular complexity index is 1170. The first-order valence-corrected chi connectivity index (χ1v) is 14.6. The van der Waals surface area contributed by atoms with Crippen LogP contribution in [0.2, 0.25) is 5.02 Å². The zero-order valence-corrected chi connectivity index (χ0v) is 22.7. The van der Waals surface area contributed by atoms with Gasteiger partial charge in [0.25, 0.3) is 0 Å². The Labute approximate surface area is 224 Å². The maximum atomic E-state index is 11.9. The number of morpholine rings is 1. The lowest BCUT2D eigenvalue weighted by Crippen LogP contribution is -2.56. The smallest absolute Gasteiger partial charge is 0.475 e. The largest absolute Gasteiger partial charge is 0.490 e. The molecule has 2 atom stereocenters. The maximum Gasteiger partial charge on any atom is 0.490 e. The van der Waals surface area contributed by atoms with Crippen molar-refractivity contribution in [2.45, 2.75) is 62.4 Å². The van der Waals surface area contributed by atoms with Gasteiger partial charge in [-0.2, -0.15) is 18.3 Å². The zero-order valence-electron chi connectivity index (χ0n) is 21.1. The highest BCUT2D eigenvalue weighted by molar-refractivity contribution is 7.90. The van der Waals surface area contributed by atoms with E-state index in [1.807, 2.05) is 19.2 Å². The van der Waals surface area contributed by atoms with Gasteiger partial charge in [0.15, 0.2) is 5.82 Å². The first kappa shape index (κ1) is 30.3. The molecule has 1 saturated heterocycles. The van der Waals surface area contributed by atoms with Gasteiger partial charge in [-0.3, -0.25) is 9.58 Å². The number of alkyl halides is 3. The molecule has 2 fully saturated rings. The lowest BCUT2D eigenvalue weighted by atomic mass is 9.83. The molecular formula is C24H32ClF3N4O5S. The summed E-state index contributed by atoms with van der Waals surface area (Å²) in [4.78, 5) is 15.9. The third-order valence-electron chi connectivity index (χ3n) is 6.67. The quantitative estimate of drug-likeness (QED) is 0.552. The molecular weight excluding hydrogens is 549 g/mol. The van der Waals surface area contributed by atoms with Crippen molar-refractivity contribution in [1.29, 1.82) is 0 Å². The normalized spacial score (nSPS) is 24.9. The molecule has 9 nitrogen and oxygen atoms in total. The highest BCUT2D eigenvalue weighted by atomic mass is 35.5. The van der Waals surface area contributed by atoms with Crippen LogP contribution in [0, 0.1) is 0 Å². The Kier molecular flexibility index (Phi) is 10.2. The summed E-state index contributed by atoms with van der Waals surface area (Å²) in [5.74, 6) is -1.34. The Balaban J connectivity index is 0.000000505. The number of aromatic nitrogens is 3. The minimum atomic E-state index is -5.08. The minimum absolute atomic E-state index is 0.0738. The number of hydrogen-bond acceptors (Lipinski definition) is 7. The second kappa shape index (κ2) is 12.8. The fraction of sp³-hybridized carbons (Fsp3) is 0.625. The number of carboxylic acid groups (broad SMARTS) is 1. The van der Waals surface area contributed by atoms with Crippen molar-refractivity contribution in [3.8, 4) is 0 Å². The topological polar surface area (TPSA) is 115 Å². The predicted molar refractivity (Wildman–Crippen MR) is 135 cm³/mol. The van der Waals surface area contributed by atoms with Gasteiger partial charge in [-0.15, -0.1) is 0 Å². The molecule has 1 saturated carbocycles. The van der Waals surface area contributed by atoms with Crippen molar-refractivity contribution in [1.82, 2.24) is 19.7 Å². The Morgan fingerprint density at radius 2 is 1.79 bits per heavy atom. The average molecular weight is 581 g/mol. The number of carboxylic acids is 1.